The summed E-state index contributed by atoms with van der Waals surface area (Å²) in [6, 6.07) is 22.9. The Labute approximate surface area is 201 Å². The first-order valence-electron chi connectivity index (χ1n) is 10.1. The first-order chi connectivity index (χ1) is 15.5. The molecule has 162 valence electrons. The van der Waals surface area contributed by atoms with Gasteiger partial charge in [0.15, 0.2) is 11.5 Å². The molecule has 0 fully saturated rings. The van der Waals surface area contributed by atoms with Crippen LogP contribution >= 0.6 is 22.6 Å². The maximum atomic E-state index is 12.5. The van der Waals surface area contributed by atoms with Crippen molar-refractivity contribution in [2.75, 3.05) is 12.4 Å². The number of nitrogens with zero attached hydrogens (tertiary/aromatic N) is 1. The number of carbonyl (C=O) groups excluding carboxylic acids is 1. The summed E-state index contributed by atoms with van der Waals surface area (Å²) < 4.78 is 12.5. The van der Waals surface area contributed by atoms with E-state index in [1.807, 2.05) is 54.6 Å². The third-order valence-electron chi connectivity index (χ3n) is 4.79. The molecule has 0 heterocycles. The predicted octanol–water partition coefficient (Wildman–Crippen LogP) is 5.99. The Bertz CT molecular complexity index is 1150. The monoisotopic (exact) mass is 538 g/mol. The molecule has 0 aliphatic rings. The molecule has 0 bridgehead atoms. The number of rotatable bonds is 8. The minimum absolute atomic E-state index is 0.000761. The number of hydrogen-bond donors (Lipinski definition) is 1. The van der Waals surface area contributed by atoms with Crippen molar-refractivity contribution < 1.29 is 14.3 Å². The Morgan fingerprint density at radius 3 is 2.34 bits per heavy atom. The maximum absolute atomic E-state index is 12.5. The fourth-order valence-corrected chi connectivity index (χ4v) is 3.33. The third-order valence-corrected chi connectivity index (χ3v) is 5.51. The summed E-state index contributed by atoms with van der Waals surface area (Å²) in [5.41, 5.74) is 3.53. The topological polar surface area (TPSA) is 71.4 Å². The molecule has 0 saturated carbocycles. The Hall–Kier alpha value is -3.31. The molecular formula is C26H23IN2O3. The molecule has 3 aromatic carbocycles. The quantitative estimate of drug-likeness (QED) is 0.218. The first kappa shape index (κ1) is 23.4. The molecule has 5 nitrogen and oxygen atoms in total. The summed E-state index contributed by atoms with van der Waals surface area (Å²) in [5.74, 6) is 0.647. The Kier molecular flexibility index (Phi) is 8.28. The van der Waals surface area contributed by atoms with Crippen molar-refractivity contribution in [2.24, 2.45) is 0 Å². The molecule has 0 unspecified atom stereocenters. The van der Waals surface area contributed by atoms with Crippen molar-refractivity contribution in [1.29, 1.82) is 5.26 Å². The van der Waals surface area contributed by atoms with Gasteiger partial charge in [-0.25, -0.2) is 0 Å². The number of aryl methyl sites for hydroxylation is 1. The number of amides is 1. The molecule has 0 spiro atoms. The van der Waals surface area contributed by atoms with Crippen molar-refractivity contribution in [3.05, 3.63) is 92.6 Å². The van der Waals surface area contributed by atoms with Gasteiger partial charge >= 0.3 is 0 Å². The van der Waals surface area contributed by atoms with Gasteiger partial charge in [0.05, 0.1) is 7.11 Å². The normalized spacial score (nSPS) is 10.9. The molecular weight excluding hydrogens is 515 g/mol. The average Bonchev–Trinajstić information content (AvgIpc) is 2.82. The fourth-order valence-electron chi connectivity index (χ4n) is 2.97. The number of benzene rings is 3. The lowest BCUT2D eigenvalue weighted by Crippen LogP contribution is -2.13. The number of nitrogens with one attached hydrogen (secondary N) is 1. The number of hydrogen-bond acceptors (Lipinski definition) is 4. The van der Waals surface area contributed by atoms with Gasteiger partial charge in [-0.3, -0.25) is 4.79 Å². The van der Waals surface area contributed by atoms with Crippen molar-refractivity contribution >= 4 is 40.3 Å². The minimum Gasteiger partial charge on any atom is -0.493 e. The van der Waals surface area contributed by atoms with Crippen LogP contribution in [0.25, 0.3) is 6.08 Å². The van der Waals surface area contributed by atoms with Gasteiger partial charge in [-0.2, -0.15) is 5.26 Å². The average molecular weight is 538 g/mol. The molecule has 0 saturated heterocycles. The molecule has 0 aliphatic carbocycles. The van der Waals surface area contributed by atoms with E-state index in [0.717, 1.165) is 15.6 Å². The van der Waals surface area contributed by atoms with Gasteiger partial charge in [-0.05, 0) is 88.2 Å². The number of nitriles is 1. The van der Waals surface area contributed by atoms with Crippen LogP contribution in [0.4, 0.5) is 5.69 Å². The van der Waals surface area contributed by atoms with Crippen molar-refractivity contribution in [1.82, 2.24) is 0 Å². The molecule has 0 aromatic heterocycles. The molecule has 3 aromatic rings. The van der Waals surface area contributed by atoms with Gasteiger partial charge in [0, 0.05) is 9.26 Å². The van der Waals surface area contributed by atoms with E-state index in [4.69, 9.17) is 9.47 Å². The van der Waals surface area contributed by atoms with E-state index >= 15 is 0 Å². The number of methoxy groups -OCH3 is 1. The molecule has 0 aliphatic heterocycles. The second-order valence-electron chi connectivity index (χ2n) is 7.00. The van der Waals surface area contributed by atoms with Crippen LogP contribution in [-0.2, 0) is 17.8 Å². The van der Waals surface area contributed by atoms with Crippen LogP contribution in [0.5, 0.6) is 11.5 Å². The van der Waals surface area contributed by atoms with Gasteiger partial charge in [0.2, 0.25) is 0 Å². The first-order valence-corrected chi connectivity index (χ1v) is 11.2. The highest BCUT2D eigenvalue weighted by molar-refractivity contribution is 14.1. The van der Waals surface area contributed by atoms with E-state index in [2.05, 4.69) is 34.8 Å². The zero-order chi connectivity index (χ0) is 22.9. The van der Waals surface area contributed by atoms with E-state index in [1.165, 1.54) is 11.6 Å². The summed E-state index contributed by atoms with van der Waals surface area (Å²) >= 11 is 2.26. The number of anilines is 1. The number of ether oxygens (including phenoxy) is 2. The fraction of sp³-hybridized carbons (Fsp3) is 0.154. The molecule has 1 N–H and O–H groups in total. The highest BCUT2D eigenvalue weighted by Gasteiger charge is 2.11. The van der Waals surface area contributed by atoms with E-state index in [-0.39, 0.29) is 5.57 Å². The Balaban J connectivity index is 1.72. The lowest BCUT2D eigenvalue weighted by Gasteiger charge is -2.12. The van der Waals surface area contributed by atoms with Gasteiger partial charge < -0.3 is 14.8 Å². The largest absolute Gasteiger partial charge is 0.493 e. The van der Waals surface area contributed by atoms with E-state index in [1.54, 1.807) is 25.3 Å². The van der Waals surface area contributed by atoms with Crippen LogP contribution in [0, 0.1) is 14.9 Å². The van der Waals surface area contributed by atoms with Crippen LogP contribution in [0.3, 0.4) is 0 Å². The lowest BCUT2D eigenvalue weighted by atomic mass is 10.1. The van der Waals surface area contributed by atoms with Crippen molar-refractivity contribution in [3.63, 3.8) is 0 Å². The third kappa shape index (κ3) is 6.34. The van der Waals surface area contributed by atoms with Gasteiger partial charge in [-0.1, -0.05) is 37.3 Å². The van der Waals surface area contributed by atoms with E-state index in [0.29, 0.717) is 29.4 Å². The summed E-state index contributed by atoms with van der Waals surface area (Å²) in [6.45, 7) is 2.47. The maximum Gasteiger partial charge on any atom is 0.266 e. The smallest absolute Gasteiger partial charge is 0.266 e. The number of carbonyl (C=O) groups is 1. The van der Waals surface area contributed by atoms with E-state index < -0.39 is 5.91 Å². The van der Waals surface area contributed by atoms with Gasteiger partial charge in [-0.15, -0.1) is 0 Å². The van der Waals surface area contributed by atoms with Crippen LogP contribution in [0.2, 0.25) is 0 Å². The SMILES string of the molecule is CCc1ccc(NC(=O)/C(C#N)=C\c2ccc(OCc3ccc(I)cc3)c(OC)c2)cc1. The van der Waals surface area contributed by atoms with E-state index in [9.17, 15) is 10.1 Å². The molecule has 1 amide bonds. The predicted molar refractivity (Wildman–Crippen MR) is 135 cm³/mol. The standard InChI is InChI=1S/C26H23IN2O3/c1-3-18-6-11-23(12-7-18)29-26(30)21(16-28)14-20-8-13-24(25(15-20)31-2)32-17-19-4-9-22(27)10-5-19/h4-15H,3,17H2,1-2H3,(H,29,30)/b21-14-. The van der Waals surface area contributed by atoms with Gasteiger partial charge in [0.25, 0.3) is 5.91 Å². The molecule has 0 atom stereocenters. The zero-order valence-electron chi connectivity index (χ0n) is 17.9. The van der Waals surface area contributed by atoms with Gasteiger partial charge in [0.1, 0.15) is 18.2 Å². The minimum atomic E-state index is -0.463. The van der Waals surface area contributed by atoms with Crippen LogP contribution in [0.1, 0.15) is 23.6 Å². The van der Waals surface area contributed by atoms with Crippen molar-refractivity contribution in [3.8, 4) is 17.6 Å². The molecule has 32 heavy (non-hydrogen) atoms. The van der Waals surface area contributed by atoms with Crippen LogP contribution < -0.4 is 14.8 Å². The summed E-state index contributed by atoms with van der Waals surface area (Å²) in [6.07, 6.45) is 2.45. The Morgan fingerprint density at radius 2 is 1.72 bits per heavy atom. The molecule has 6 heteroatoms. The van der Waals surface area contributed by atoms with Crippen LogP contribution in [-0.4, -0.2) is 13.0 Å². The zero-order valence-corrected chi connectivity index (χ0v) is 20.0. The molecule has 3 rings (SSSR count). The second-order valence-corrected chi connectivity index (χ2v) is 8.25. The summed E-state index contributed by atoms with van der Waals surface area (Å²) in [4.78, 5) is 12.5. The number of halogens is 1. The summed E-state index contributed by atoms with van der Waals surface area (Å²) in [7, 11) is 1.55. The Morgan fingerprint density at radius 1 is 1.03 bits per heavy atom. The van der Waals surface area contributed by atoms with Crippen molar-refractivity contribution in [2.45, 2.75) is 20.0 Å². The second kappa shape index (κ2) is 11.3. The highest BCUT2D eigenvalue weighted by atomic mass is 127. The highest BCUT2D eigenvalue weighted by Crippen LogP contribution is 2.30. The molecule has 0 radical (unpaired) electrons. The van der Waals surface area contributed by atoms with Crippen LogP contribution in [0.15, 0.2) is 72.3 Å². The lowest BCUT2D eigenvalue weighted by molar-refractivity contribution is -0.112. The summed E-state index contributed by atoms with van der Waals surface area (Å²) in [5, 5.41) is 12.3.